The second-order valence-electron chi connectivity index (χ2n) is 17.1. The van der Waals surface area contributed by atoms with Crippen LogP contribution in [0, 0.1) is 0 Å². The zero-order valence-electron chi connectivity index (χ0n) is 34.2. The average Bonchev–Trinajstić information content (AvgIpc) is 3.99. The van der Waals surface area contributed by atoms with Crippen LogP contribution in [0.1, 0.15) is 5.56 Å². The van der Waals surface area contributed by atoms with Crippen molar-refractivity contribution in [1.82, 2.24) is 14.9 Å². The molecular weight excluding hydrogens is 763 g/mol. The Labute approximate surface area is 364 Å². The number of dihydropyridines is 1. The van der Waals surface area contributed by atoms with Gasteiger partial charge in [-0.05, 0) is 166 Å². The van der Waals surface area contributed by atoms with Crippen LogP contribution in [0.15, 0.2) is 207 Å². The van der Waals surface area contributed by atoms with Gasteiger partial charge in [0.2, 0.25) is 0 Å². The summed E-state index contributed by atoms with van der Waals surface area (Å²) in [5.74, 6) is 0. The molecule has 11 aromatic rings. The van der Waals surface area contributed by atoms with E-state index in [1.165, 1.54) is 121 Å². The van der Waals surface area contributed by atoms with Gasteiger partial charge in [0.05, 0.1) is 11.0 Å². The van der Waals surface area contributed by atoms with Crippen LogP contribution >= 0.6 is 0 Å². The largest absolute Gasteiger partial charge is 0.387 e. The summed E-state index contributed by atoms with van der Waals surface area (Å²) < 4.78 is 2.49. The highest BCUT2D eigenvalue weighted by atomic mass is 15.0. The van der Waals surface area contributed by atoms with Gasteiger partial charge in [-0.25, -0.2) is 0 Å². The molecule has 0 spiro atoms. The van der Waals surface area contributed by atoms with Crippen molar-refractivity contribution < 1.29 is 0 Å². The van der Waals surface area contributed by atoms with E-state index in [-0.39, 0.29) is 0 Å². The van der Waals surface area contributed by atoms with E-state index >= 15 is 0 Å². The SMILES string of the molecule is C1=CNCC(c2ccc3c(c2)c2cc(-c4cccnc4)ccc2n3-c2cc(-c3ccc4c5c(cccc35)-c3ccccc3-4)cc(-c3ccc4c5c(cccc35)-c3ccccc3-4)c2)=C1. The van der Waals surface area contributed by atoms with Crippen LogP contribution in [0.3, 0.4) is 0 Å². The van der Waals surface area contributed by atoms with Crippen molar-refractivity contribution in [3.8, 4) is 83.6 Å². The number of aromatic nitrogens is 2. The summed E-state index contributed by atoms with van der Waals surface area (Å²) >= 11 is 0. The van der Waals surface area contributed by atoms with Crippen molar-refractivity contribution in [2.24, 2.45) is 0 Å². The molecule has 0 saturated heterocycles. The van der Waals surface area contributed by atoms with Crippen LogP contribution in [0.2, 0.25) is 0 Å². The van der Waals surface area contributed by atoms with Crippen molar-refractivity contribution in [3.05, 3.63) is 212 Å². The first kappa shape index (κ1) is 34.4. The standard InChI is InChI=1S/C60H37N3/c1-3-13-47-45(11-1)51-17-5-15-49-43(21-23-53(47)59(49)51)40-29-41(44-22-24-54-48-14-4-2-12-46(48)52-18-6-16-50(44)60(52)54)31-42(30-40)63-57-25-19-36(38-9-7-27-61-34-38)32-55(57)56-33-37(20-26-58(56)63)39-10-8-28-62-35-39/h1-34,62H,35H2. The third kappa shape index (κ3) is 4.99. The smallest absolute Gasteiger partial charge is 0.0541 e. The molecule has 3 nitrogen and oxygen atoms in total. The summed E-state index contributed by atoms with van der Waals surface area (Å²) in [7, 11) is 0. The molecule has 0 amide bonds. The second-order valence-corrected chi connectivity index (χ2v) is 17.1. The lowest BCUT2D eigenvalue weighted by Gasteiger charge is -2.17. The minimum Gasteiger partial charge on any atom is -0.387 e. The van der Waals surface area contributed by atoms with E-state index in [2.05, 4.69) is 197 Å². The van der Waals surface area contributed by atoms with E-state index < -0.39 is 0 Å². The number of rotatable bonds is 5. The molecular formula is C60H37N3. The number of nitrogens with one attached hydrogen (secondary N) is 1. The van der Waals surface area contributed by atoms with E-state index in [0.29, 0.717) is 0 Å². The molecule has 63 heavy (non-hydrogen) atoms. The molecule has 0 unspecified atom stereocenters. The van der Waals surface area contributed by atoms with Crippen LogP contribution in [-0.4, -0.2) is 16.1 Å². The summed E-state index contributed by atoms with van der Waals surface area (Å²) in [6, 6.07) is 66.1. The molecule has 2 aliphatic carbocycles. The van der Waals surface area contributed by atoms with Crippen LogP contribution in [0.4, 0.5) is 0 Å². The van der Waals surface area contributed by atoms with Gasteiger partial charge < -0.3 is 9.88 Å². The molecule has 0 bridgehead atoms. The van der Waals surface area contributed by atoms with E-state index in [9.17, 15) is 0 Å². The number of pyridine rings is 1. The zero-order chi connectivity index (χ0) is 41.2. The fourth-order valence-corrected chi connectivity index (χ4v) is 11.0. The number of fused-ring (bicyclic) bond motifs is 9. The third-order valence-electron chi connectivity index (χ3n) is 13.8. The maximum absolute atomic E-state index is 4.48. The van der Waals surface area contributed by atoms with Crippen LogP contribution in [0.25, 0.3) is 132 Å². The number of nitrogens with zero attached hydrogens (tertiary/aromatic N) is 2. The fourth-order valence-electron chi connectivity index (χ4n) is 11.0. The van der Waals surface area contributed by atoms with Gasteiger partial charge in [0, 0.05) is 41.0 Å². The summed E-state index contributed by atoms with van der Waals surface area (Å²) in [6.07, 6.45) is 10.1. The van der Waals surface area contributed by atoms with E-state index in [1.54, 1.807) is 0 Å². The Kier molecular flexibility index (Phi) is 7.17. The van der Waals surface area contributed by atoms with Gasteiger partial charge in [-0.3, -0.25) is 4.98 Å². The molecule has 0 radical (unpaired) electrons. The first-order chi connectivity index (χ1) is 31.2. The highest BCUT2D eigenvalue weighted by molar-refractivity contribution is 6.21. The number of allylic oxidation sites excluding steroid dienone is 2. The normalized spacial score (nSPS) is 13.2. The Morgan fingerprint density at radius 1 is 0.397 bits per heavy atom. The average molecular weight is 800 g/mol. The topological polar surface area (TPSA) is 29.9 Å². The Hall–Kier alpha value is -8.27. The van der Waals surface area contributed by atoms with Gasteiger partial charge in [-0.15, -0.1) is 0 Å². The van der Waals surface area contributed by atoms with Crippen molar-refractivity contribution >= 4 is 48.9 Å². The van der Waals surface area contributed by atoms with Crippen LogP contribution in [-0.2, 0) is 0 Å². The van der Waals surface area contributed by atoms with Crippen LogP contribution in [0.5, 0.6) is 0 Å². The number of benzene rings is 9. The Morgan fingerprint density at radius 3 is 1.49 bits per heavy atom. The maximum atomic E-state index is 4.48. The summed E-state index contributed by atoms with van der Waals surface area (Å²) in [5.41, 5.74) is 23.6. The van der Waals surface area contributed by atoms with E-state index in [1.807, 2.05) is 24.7 Å². The molecule has 3 aliphatic rings. The first-order valence-corrected chi connectivity index (χ1v) is 21.8. The number of hydrogen-bond acceptors (Lipinski definition) is 2. The summed E-state index contributed by atoms with van der Waals surface area (Å²) in [5, 5.41) is 11.1. The molecule has 3 heteroatoms. The van der Waals surface area contributed by atoms with Gasteiger partial charge in [0.15, 0.2) is 0 Å². The zero-order valence-corrected chi connectivity index (χ0v) is 34.2. The lowest BCUT2D eigenvalue weighted by molar-refractivity contribution is 0.986. The summed E-state index contributed by atoms with van der Waals surface area (Å²) in [4.78, 5) is 4.48. The minimum atomic E-state index is 0.798. The molecule has 2 aromatic heterocycles. The van der Waals surface area contributed by atoms with E-state index in [0.717, 1.165) is 23.4 Å². The molecule has 0 saturated carbocycles. The lowest BCUT2D eigenvalue weighted by atomic mass is 9.90. The van der Waals surface area contributed by atoms with Crippen LogP contribution < -0.4 is 5.32 Å². The summed E-state index contributed by atoms with van der Waals surface area (Å²) in [6.45, 7) is 0.798. The monoisotopic (exact) mass is 799 g/mol. The van der Waals surface area contributed by atoms with Gasteiger partial charge in [-0.1, -0.05) is 133 Å². The third-order valence-corrected chi connectivity index (χ3v) is 13.8. The van der Waals surface area contributed by atoms with Crippen molar-refractivity contribution in [2.75, 3.05) is 6.54 Å². The van der Waals surface area contributed by atoms with Gasteiger partial charge in [0.1, 0.15) is 0 Å². The molecule has 1 aliphatic heterocycles. The molecule has 3 heterocycles. The van der Waals surface area contributed by atoms with Crippen molar-refractivity contribution in [2.45, 2.75) is 0 Å². The highest BCUT2D eigenvalue weighted by Gasteiger charge is 2.26. The quantitative estimate of drug-likeness (QED) is 0.188. The molecule has 14 rings (SSSR count). The van der Waals surface area contributed by atoms with Crippen molar-refractivity contribution in [1.29, 1.82) is 0 Å². The van der Waals surface area contributed by atoms with E-state index in [4.69, 9.17) is 0 Å². The Balaban J connectivity index is 1.06. The fraction of sp³-hybridized carbons (Fsp3) is 0.0167. The molecule has 292 valence electrons. The number of hydrogen-bond donors (Lipinski definition) is 1. The van der Waals surface area contributed by atoms with Gasteiger partial charge in [-0.2, -0.15) is 0 Å². The maximum Gasteiger partial charge on any atom is 0.0541 e. The molecule has 0 fully saturated rings. The minimum absolute atomic E-state index is 0.798. The Morgan fingerprint density at radius 2 is 0.937 bits per heavy atom. The first-order valence-electron chi connectivity index (χ1n) is 21.8. The van der Waals surface area contributed by atoms with Gasteiger partial charge >= 0.3 is 0 Å². The second kappa shape index (κ2) is 13.1. The van der Waals surface area contributed by atoms with Crippen molar-refractivity contribution in [3.63, 3.8) is 0 Å². The predicted octanol–water partition coefficient (Wildman–Crippen LogP) is 15.3. The molecule has 1 N–H and O–H groups in total. The molecule has 9 aromatic carbocycles. The lowest BCUT2D eigenvalue weighted by Crippen LogP contribution is -2.11. The Bertz CT molecular complexity index is 3630. The predicted molar refractivity (Wildman–Crippen MR) is 264 cm³/mol. The molecule has 0 atom stereocenters. The van der Waals surface area contributed by atoms with Gasteiger partial charge in [0.25, 0.3) is 0 Å². The highest BCUT2D eigenvalue weighted by Crippen LogP contribution is 2.52.